The lowest BCUT2D eigenvalue weighted by Crippen LogP contribution is -2.31. The maximum Gasteiger partial charge on any atom is 0.338 e. The van der Waals surface area contributed by atoms with Gasteiger partial charge in [0.2, 0.25) is 0 Å². The summed E-state index contributed by atoms with van der Waals surface area (Å²) in [6, 6.07) is 14.6. The van der Waals surface area contributed by atoms with Gasteiger partial charge in [-0.05, 0) is 66.3 Å². The topological polar surface area (TPSA) is 141 Å². The highest BCUT2D eigenvalue weighted by Crippen LogP contribution is 2.35. The maximum absolute atomic E-state index is 13.9. The monoisotopic (exact) mass is 667 g/mol. The second-order valence-electron chi connectivity index (χ2n) is 11.5. The Bertz CT molecular complexity index is 2150. The van der Waals surface area contributed by atoms with Crippen LogP contribution in [0.4, 0.5) is 8.78 Å². The van der Waals surface area contributed by atoms with Crippen LogP contribution in [0.25, 0.3) is 5.65 Å². The van der Waals surface area contributed by atoms with E-state index in [2.05, 4.69) is 20.7 Å². The number of fused-ring (bicyclic) bond motifs is 2. The van der Waals surface area contributed by atoms with Crippen LogP contribution in [-0.4, -0.2) is 52.4 Å². The van der Waals surface area contributed by atoms with Gasteiger partial charge >= 0.3 is 5.97 Å². The molecule has 0 saturated heterocycles. The van der Waals surface area contributed by atoms with Crippen LogP contribution in [0.3, 0.4) is 0 Å². The van der Waals surface area contributed by atoms with Gasteiger partial charge < -0.3 is 20.1 Å². The molecule has 2 N–H and O–H groups in total. The number of carbonyl (C=O) groups excluding carboxylic acids is 4. The number of aromatic nitrogens is 3. The van der Waals surface area contributed by atoms with Crippen LogP contribution in [-0.2, 0) is 24.1 Å². The fourth-order valence-electron chi connectivity index (χ4n) is 6.07. The molecule has 0 fully saturated rings. The van der Waals surface area contributed by atoms with Crippen LogP contribution in [0.1, 0.15) is 82.0 Å². The molecule has 250 valence electrons. The lowest BCUT2D eigenvalue weighted by Gasteiger charge is -2.16. The van der Waals surface area contributed by atoms with E-state index < -0.39 is 35.5 Å². The molecular weight excluding hydrogens is 636 g/mol. The van der Waals surface area contributed by atoms with Crippen molar-refractivity contribution in [3.63, 3.8) is 0 Å². The first-order valence-electron chi connectivity index (χ1n) is 15.4. The van der Waals surface area contributed by atoms with Gasteiger partial charge in [-0.2, -0.15) is 5.10 Å². The molecule has 1 aliphatic carbocycles. The van der Waals surface area contributed by atoms with E-state index in [0.717, 1.165) is 28.8 Å². The van der Waals surface area contributed by atoms with Crippen LogP contribution in [0.15, 0.2) is 66.9 Å². The Morgan fingerprint density at radius 2 is 1.76 bits per heavy atom. The van der Waals surface area contributed by atoms with E-state index in [1.807, 2.05) is 6.92 Å². The number of nitrogens with zero attached hydrogens (tertiary/aromatic N) is 3. The number of para-hydroxylation sites is 1. The standard InChI is InChI=1S/C36H31F2N5O6/c1-19-22-11-13-28(24(22)10-9-23(19)36(47)49-3)42-35(46)30-16-29(34(45)39-17-20-8-12-26(37)27(38)14-20)41-33-25(18-40-43(30)33)31(44)15-21-6-4-5-7-32(21)48-2/h4-10,12,14,16,18,28H,11,13,15,17H2,1-3H3,(H,39,45)(H,42,46)/t28-/m0/s1. The summed E-state index contributed by atoms with van der Waals surface area (Å²) in [5.41, 5.74) is 3.74. The van der Waals surface area contributed by atoms with Crippen molar-refractivity contribution >= 4 is 29.2 Å². The summed E-state index contributed by atoms with van der Waals surface area (Å²) in [6.45, 7) is 1.68. The number of amides is 2. The normalized spacial score (nSPS) is 13.5. The highest BCUT2D eigenvalue weighted by Gasteiger charge is 2.30. The predicted octanol–water partition coefficient (Wildman–Crippen LogP) is 4.88. The fourth-order valence-corrected chi connectivity index (χ4v) is 6.07. The Hall–Kier alpha value is -5.98. The molecule has 0 radical (unpaired) electrons. The molecule has 0 saturated carbocycles. The van der Waals surface area contributed by atoms with Gasteiger partial charge in [0.25, 0.3) is 11.8 Å². The lowest BCUT2D eigenvalue weighted by atomic mass is 9.98. The molecule has 0 spiro atoms. The zero-order chi connectivity index (χ0) is 34.8. The van der Waals surface area contributed by atoms with E-state index in [4.69, 9.17) is 9.47 Å². The highest BCUT2D eigenvalue weighted by molar-refractivity contribution is 6.05. The van der Waals surface area contributed by atoms with E-state index in [-0.39, 0.29) is 41.3 Å². The minimum atomic E-state index is -1.06. The van der Waals surface area contributed by atoms with Gasteiger partial charge in [0, 0.05) is 24.6 Å². The Balaban J connectivity index is 1.34. The van der Waals surface area contributed by atoms with Crippen LogP contribution in [0, 0.1) is 18.6 Å². The summed E-state index contributed by atoms with van der Waals surface area (Å²) in [7, 11) is 2.82. The SMILES string of the molecule is COC(=O)c1ccc2c(c1C)CC[C@@H]2NC(=O)c1cc(C(=O)NCc2ccc(F)c(F)c2)nc2c(C(=O)Cc3ccccc3OC)cnn12. The lowest BCUT2D eigenvalue weighted by molar-refractivity contribution is 0.0599. The molecule has 5 aromatic rings. The third-order valence-corrected chi connectivity index (χ3v) is 8.62. The van der Waals surface area contributed by atoms with Crippen molar-refractivity contribution in [2.45, 2.75) is 38.8 Å². The van der Waals surface area contributed by atoms with Crippen molar-refractivity contribution in [1.82, 2.24) is 25.2 Å². The van der Waals surface area contributed by atoms with Gasteiger partial charge in [0.1, 0.15) is 17.1 Å². The molecule has 1 aliphatic rings. The first-order valence-corrected chi connectivity index (χ1v) is 15.4. The average molecular weight is 668 g/mol. The third kappa shape index (κ3) is 6.47. The smallest absolute Gasteiger partial charge is 0.338 e. The number of hydrogen-bond acceptors (Lipinski definition) is 8. The molecular formula is C36H31F2N5O6. The number of ketones is 1. The first-order chi connectivity index (χ1) is 23.6. The molecule has 0 bridgehead atoms. The quantitative estimate of drug-likeness (QED) is 0.159. The molecule has 3 aromatic carbocycles. The van der Waals surface area contributed by atoms with Crippen molar-refractivity contribution < 1.29 is 37.4 Å². The Morgan fingerprint density at radius 3 is 2.51 bits per heavy atom. The molecule has 1 atom stereocenters. The molecule has 0 unspecified atom stereocenters. The number of carbonyl (C=O) groups is 4. The van der Waals surface area contributed by atoms with Gasteiger partial charge in [-0.15, -0.1) is 0 Å². The second-order valence-corrected chi connectivity index (χ2v) is 11.5. The summed E-state index contributed by atoms with van der Waals surface area (Å²) in [4.78, 5) is 57.5. The van der Waals surface area contributed by atoms with E-state index in [1.54, 1.807) is 36.4 Å². The summed E-state index contributed by atoms with van der Waals surface area (Å²) in [5, 5.41) is 9.93. The molecule has 2 heterocycles. The van der Waals surface area contributed by atoms with Crippen LogP contribution in [0.2, 0.25) is 0 Å². The summed E-state index contributed by atoms with van der Waals surface area (Å²) < 4.78 is 38.7. The molecule has 49 heavy (non-hydrogen) atoms. The average Bonchev–Trinajstić information content (AvgIpc) is 3.73. The molecule has 6 rings (SSSR count). The number of benzene rings is 3. The van der Waals surface area contributed by atoms with Gasteiger partial charge in [0.05, 0.1) is 37.6 Å². The number of ether oxygens (including phenoxy) is 2. The summed E-state index contributed by atoms with van der Waals surface area (Å²) in [6.07, 6.45) is 2.41. The van der Waals surface area contributed by atoms with Crippen molar-refractivity contribution in [2.24, 2.45) is 0 Å². The van der Waals surface area contributed by atoms with E-state index in [1.165, 1.54) is 37.1 Å². The zero-order valence-electron chi connectivity index (χ0n) is 26.8. The molecule has 2 amide bonds. The number of halogens is 2. The first kappa shape index (κ1) is 32.9. The van der Waals surface area contributed by atoms with Crippen LogP contribution >= 0.6 is 0 Å². The number of Topliss-reactive ketones (excluding diaryl/α,β-unsaturated/α-hetero) is 1. The van der Waals surface area contributed by atoms with Crippen molar-refractivity contribution in [3.8, 4) is 5.75 Å². The number of nitrogens with one attached hydrogen (secondary N) is 2. The maximum atomic E-state index is 13.9. The summed E-state index contributed by atoms with van der Waals surface area (Å²) >= 11 is 0. The molecule has 11 nitrogen and oxygen atoms in total. The Kier molecular flexibility index (Phi) is 9.16. The van der Waals surface area contributed by atoms with E-state index in [0.29, 0.717) is 35.3 Å². The molecule has 13 heteroatoms. The van der Waals surface area contributed by atoms with E-state index >= 15 is 0 Å². The number of rotatable bonds is 10. The zero-order valence-corrected chi connectivity index (χ0v) is 26.8. The van der Waals surface area contributed by atoms with E-state index in [9.17, 15) is 28.0 Å². The van der Waals surface area contributed by atoms with Crippen molar-refractivity contribution in [3.05, 3.63) is 129 Å². The third-order valence-electron chi connectivity index (χ3n) is 8.62. The summed E-state index contributed by atoms with van der Waals surface area (Å²) in [5.74, 6) is -3.69. The van der Waals surface area contributed by atoms with Crippen molar-refractivity contribution in [1.29, 1.82) is 0 Å². The van der Waals surface area contributed by atoms with Gasteiger partial charge in [-0.25, -0.2) is 23.1 Å². The predicted molar refractivity (Wildman–Crippen MR) is 173 cm³/mol. The highest BCUT2D eigenvalue weighted by atomic mass is 19.2. The van der Waals surface area contributed by atoms with Gasteiger partial charge in [-0.3, -0.25) is 14.4 Å². The fraction of sp³-hybridized carbons (Fsp3) is 0.222. The van der Waals surface area contributed by atoms with Gasteiger partial charge in [0.15, 0.2) is 23.1 Å². The van der Waals surface area contributed by atoms with Crippen LogP contribution < -0.4 is 15.4 Å². The minimum Gasteiger partial charge on any atom is -0.496 e. The van der Waals surface area contributed by atoms with Gasteiger partial charge in [-0.1, -0.05) is 30.3 Å². The number of methoxy groups -OCH3 is 2. The molecule has 2 aromatic heterocycles. The largest absolute Gasteiger partial charge is 0.496 e. The van der Waals surface area contributed by atoms with Crippen molar-refractivity contribution in [2.75, 3.05) is 14.2 Å². The number of hydrogen-bond donors (Lipinski definition) is 2. The molecule has 0 aliphatic heterocycles. The second kappa shape index (κ2) is 13.6. The number of esters is 1. The minimum absolute atomic E-state index is 0.0177. The Labute approximate surface area is 279 Å². The van der Waals surface area contributed by atoms with Crippen LogP contribution in [0.5, 0.6) is 5.75 Å². The Morgan fingerprint density at radius 1 is 0.959 bits per heavy atom.